The molecule has 0 atom stereocenters. The highest BCUT2D eigenvalue weighted by molar-refractivity contribution is 7.17. The van der Waals surface area contributed by atoms with Crippen molar-refractivity contribution in [3.63, 3.8) is 0 Å². The predicted molar refractivity (Wildman–Crippen MR) is 47.2 cm³/mol. The van der Waals surface area contributed by atoms with Crippen LogP contribution in [0.4, 0.5) is 13.2 Å². The minimum atomic E-state index is -4.47. The van der Waals surface area contributed by atoms with E-state index in [9.17, 15) is 13.2 Å². The number of fused-ring (bicyclic) bond motifs is 1. The van der Waals surface area contributed by atoms with Gasteiger partial charge in [-0.15, -0.1) is 11.3 Å². The summed E-state index contributed by atoms with van der Waals surface area (Å²) in [5.74, 6) is -1.08. The van der Waals surface area contributed by atoms with E-state index in [0.717, 1.165) is 5.56 Å². The highest BCUT2D eigenvalue weighted by Crippen LogP contribution is 2.29. The third-order valence-corrected chi connectivity index (χ3v) is 2.77. The van der Waals surface area contributed by atoms with Crippen molar-refractivity contribution in [3.05, 3.63) is 23.0 Å². The molecule has 0 aromatic carbocycles. The molecular formula is C8H5F3N2S. The van der Waals surface area contributed by atoms with Crippen LogP contribution >= 0.6 is 11.3 Å². The van der Waals surface area contributed by atoms with E-state index >= 15 is 0 Å². The Hall–Kier alpha value is -1.17. The molecule has 0 fully saturated rings. The summed E-state index contributed by atoms with van der Waals surface area (Å²) < 4.78 is 37.4. The Morgan fingerprint density at radius 1 is 1.36 bits per heavy atom. The average Bonchev–Trinajstić information content (AvgIpc) is 2.46. The van der Waals surface area contributed by atoms with Crippen molar-refractivity contribution >= 4 is 21.6 Å². The molecule has 0 saturated carbocycles. The molecule has 0 saturated heterocycles. The minimum Gasteiger partial charge on any atom is -0.231 e. The van der Waals surface area contributed by atoms with Gasteiger partial charge in [-0.3, -0.25) is 0 Å². The van der Waals surface area contributed by atoms with Crippen molar-refractivity contribution in [1.29, 1.82) is 0 Å². The van der Waals surface area contributed by atoms with Gasteiger partial charge in [0.05, 0.1) is 10.2 Å². The molecule has 0 unspecified atom stereocenters. The molecule has 0 amide bonds. The Labute approximate surface area is 81.4 Å². The van der Waals surface area contributed by atoms with E-state index in [1.165, 1.54) is 17.5 Å². The first-order valence-electron chi connectivity index (χ1n) is 3.76. The van der Waals surface area contributed by atoms with Gasteiger partial charge in [0.25, 0.3) is 0 Å². The fraction of sp³-hybridized carbons (Fsp3) is 0.250. The molecule has 14 heavy (non-hydrogen) atoms. The largest absolute Gasteiger partial charge is 0.451 e. The van der Waals surface area contributed by atoms with Crippen LogP contribution in [-0.2, 0) is 6.18 Å². The molecule has 0 bridgehead atoms. The van der Waals surface area contributed by atoms with Crippen LogP contribution in [0, 0.1) is 6.92 Å². The van der Waals surface area contributed by atoms with Gasteiger partial charge in [-0.2, -0.15) is 13.2 Å². The SMILES string of the molecule is Cc1csc2cnc(C(F)(F)F)nc12. The summed E-state index contributed by atoms with van der Waals surface area (Å²) in [7, 11) is 0. The molecule has 0 aliphatic carbocycles. The molecule has 6 heteroatoms. The number of halogens is 3. The number of nitrogens with zero attached hydrogens (tertiary/aromatic N) is 2. The van der Waals surface area contributed by atoms with Gasteiger partial charge in [0.15, 0.2) is 0 Å². The van der Waals surface area contributed by atoms with Crippen LogP contribution in [0.1, 0.15) is 11.4 Å². The maximum absolute atomic E-state index is 12.2. The lowest BCUT2D eigenvalue weighted by atomic mass is 10.3. The van der Waals surface area contributed by atoms with Crippen LogP contribution in [-0.4, -0.2) is 9.97 Å². The van der Waals surface area contributed by atoms with Gasteiger partial charge in [-0.25, -0.2) is 9.97 Å². The van der Waals surface area contributed by atoms with Gasteiger partial charge < -0.3 is 0 Å². The zero-order valence-corrected chi connectivity index (χ0v) is 7.91. The Morgan fingerprint density at radius 3 is 2.71 bits per heavy atom. The summed E-state index contributed by atoms with van der Waals surface area (Å²) in [6.07, 6.45) is -3.26. The Morgan fingerprint density at radius 2 is 2.07 bits per heavy atom. The Kier molecular flexibility index (Phi) is 1.95. The van der Waals surface area contributed by atoms with Crippen molar-refractivity contribution in [2.45, 2.75) is 13.1 Å². The first-order chi connectivity index (χ1) is 6.48. The van der Waals surface area contributed by atoms with E-state index in [-0.39, 0.29) is 0 Å². The van der Waals surface area contributed by atoms with Crippen LogP contribution in [0.5, 0.6) is 0 Å². The van der Waals surface area contributed by atoms with Crippen LogP contribution in [0.15, 0.2) is 11.6 Å². The van der Waals surface area contributed by atoms with Crippen molar-refractivity contribution < 1.29 is 13.2 Å². The summed E-state index contributed by atoms with van der Waals surface area (Å²) >= 11 is 1.34. The van der Waals surface area contributed by atoms with E-state index in [0.29, 0.717) is 10.2 Å². The van der Waals surface area contributed by atoms with Gasteiger partial charge in [0, 0.05) is 6.20 Å². The first-order valence-corrected chi connectivity index (χ1v) is 4.64. The first kappa shape index (κ1) is 9.39. The molecule has 2 heterocycles. The predicted octanol–water partition coefficient (Wildman–Crippen LogP) is 3.02. The van der Waals surface area contributed by atoms with Crippen molar-refractivity contribution in [3.8, 4) is 0 Å². The third-order valence-electron chi connectivity index (χ3n) is 1.74. The van der Waals surface area contributed by atoms with Gasteiger partial charge in [0.2, 0.25) is 5.82 Å². The second kappa shape index (κ2) is 2.91. The molecule has 0 radical (unpaired) electrons. The standard InChI is InChI=1S/C8H5F3N2S/c1-4-3-14-5-2-12-7(8(9,10)11)13-6(4)5/h2-3H,1H3. The number of aryl methyl sites for hydroxylation is 1. The highest BCUT2D eigenvalue weighted by atomic mass is 32.1. The number of hydrogen-bond acceptors (Lipinski definition) is 3. The van der Waals surface area contributed by atoms with E-state index in [2.05, 4.69) is 9.97 Å². The van der Waals surface area contributed by atoms with E-state index in [4.69, 9.17) is 0 Å². The van der Waals surface area contributed by atoms with Gasteiger partial charge in [0.1, 0.15) is 0 Å². The molecule has 2 nitrogen and oxygen atoms in total. The van der Waals surface area contributed by atoms with Crippen LogP contribution in [0.3, 0.4) is 0 Å². The molecule has 0 spiro atoms. The molecule has 2 aromatic rings. The topological polar surface area (TPSA) is 25.8 Å². The lowest BCUT2D eigenvalue weighted by Gasteiger charge is -2.03. The zero-order chi connectivity index (χ0) is 10.3. The van der Waals surface area contributed by atoms with Crippen LogP contribution in [0.25, 0.3) is 10.2 Å². The second-order valence-corrected chi connectivity index (χ2v) is 3.73. The molecule has 74 valence electrons. The fourth-order valence-corrected chi connectivity index (χ4v) is 1.93. The average molecular weight is 218 g/mol. The Bertz CT molecular complexity index is 475. The summed E-state index contributed by atoms with van der Waals surface area (Å²) in [4.78, 5) is 6.75. The summed E-state index contributed by atoms with van der Waals surface area (Å²) in [5.41, 5.74) is 1.13. The number of aromatic nitrogens is 2. The molecule has 2 rings (SSSR count). The normalized spacial score (nSPS) is 12.3. The summed E-state index contributed by atoms with van der Waals surface area (Å²) in [6.45, 7) is 1.73. The smallest absolute Gasteiger partial charge is 0.231 e. The molecule has 2 aromatic heterocycles. The van der Waals surface area contributed by atoms with E-state index < -0.39 is 12.0 Å². The lowest BCUT2D eigenvalue weighted by molar-refractivity contribution is -0.144. The van der Waals surface area contributed by atoms with Gasteiger partial charge >= 0.3 is 6.18 Å². The van der Waals surface area contributed by atoms with Crippen molar-refractivity contribution in [1.82, 2.24) is 9.97 Å². The number of thiophene rings is 1. The maximum atomic E-state index is 12.2. The molecule has 0 N–H and O–H groups in total. The third kappa shape index (κ3) is 1.45. The lowest BCUT2D eigenvalue weighted by Crippen LogP contribution is -2.10. The summed E-state index contributed by atoms with van der Waals surface area (Å²) in [5, 5.41) is 1.76. The van der Waals surface area contributed by atoms with Crippen LogP contribution < -0.4 is 0 Å². The number of hydrogen-bond donors (Lipinski definition) is 0. The van der Waals surface area contributed by atoms with Gasteiger partial charge in [-0.05, 0) is 17.9 Å². The maximum Gasteiger partial charge on any atom is 0.451 e. The molecular weight excluding hydrogens is 213 g/mol. The highest BCUT2D eigenvalue weighted by Gasteiger charge is 2.34. The van der Waals surface area contributed by atoms with E-state index in [1.54, 1.807) is 12.3 Å². The fourth-order valence-electron chi connectivity index (χ4n) is 1.08. The molecule has 0 aliphatic heterocycles. The van der Waals surface area contributed by atoms with Crippen LogP contribution in [0.2, 0.25) is 0 Å². The van der Waals surface area contributed by atoms with Crippen molar-refractivity contribution in [2.75, 3.05) is 0 Å². The zero-order valence-electron chi connectivity index (χ0n) is 7.09. The number of alkyl halides is 3. The minimum absolute atomic E-state index is 0.386. The summed E-state index contributed by atoms with van der Waals surface area (Å²) in [6, 6.07) is 0. The van der Waals surface area contributed by atoms with E-state index in [1.807, 2.05) is 0 Å². The second-order valence-electron chi connectivity index (χ2n) is 2.82. The van der Waals surface area contributed by atoms with Crippen molar-refractivity contribution in [2.24, 2.45) is 0 Å². The quantitative estimate of drug-likeness (QED) is 0.679. The van der Waals surface area contributed by atoms with Gasteiger partial charge in [-0.1, -0.05) is 0 Å². The Balaban J connectivity index is 2.66. The number of rotatable bonds is 0. The monoisotopic (exact) mass is 218 g/mol. The molecule has 0 aliphatic rings.